The molecule has 0 aliphatic heterocycles. The molecule has 0 aliphatic carbocycles. The topological polar surface area (TPSA) is 89.9 Å². The molecule has 7 radical (unpaired) electrons. The van der Waals surface area contributed by atoms with Crippen LogP contribution < -0.4 is 0 Å². The zero-order valence-electron chi connectivity index (χ0n) is 13.1. The van der Waals surface area contributed by atoms with Crippen LogP contribution in [0.1, 0.15) is 32.1 Å². The first-order valence-corrected chi connectivity index (χ1v) is 7.06. The third-order valence-electron chi connectivity index (χ3n) is 2.21. The summed E-state index contributed by atoms with van der Waals surface area (Å²) in [5.74, 6) is -1.80. The molecule has 0 aromatic heterocycles. The molecule has 0 bridgehead atoms. The lowest BCUT2D eigenvalue weighted by Gasteiger charge is -2.04. The Hall–Kier alpha value is -1.53. The zero-order chi connectivity index (χ0) is 18.1. The molecule has 0 aliphatic rings. The number of esters is 2. The van der Waals surface area contributed by atoms with Crippen LogP contribution in [0, 0.1) is 0 Å². The van der Waals surface area contributed by atoms with Crippen molar-refractivity contribution in [3.63, 3.8) is 0 Å². The van der Waals surface area contributed by atoms with Crippen LogP contribution in [0.25, 0.3) is 0 Å². The predicted molar refractivity (Wildman–Crippen MR) is 91.6 cm³/mol. The van der Waals surface area contributed by atoms with Crippen molar-refractivity contribution in [3.05, 3.63) is 12.7 Å². The lowest BCUT2D eigenvalue weighted by atomic mass is 8.97. The maximum Gasteiger partial charge on any atom is 0.330 e. The van der Waals surface area contributed by atoms with Gasteiger partial charge in [0.1, 0.15) is 0 Å². The van der Waals surface area contributed by atoms with Gasteiger partial charge in [-0.25, -0.2) is 4.79 Å². The molecule has 0 aromatic rings. The van der Waals surface area contributed by atoms with Crippen LogP contribution in [-0.2, 0) is 23.9 Å². The van der Waals surface area contributed by atoms with Crippen LogP contribution >= 0.6 is 0 Å². The van der Waals surface area contributed by atoms with Gasteiger partial charge in [-0.05, 0) is 19.3 Å². The average molecular weight is 312 g/mol. The summed E-state index contributed by atoms with van der Waals surface area (Å²) >= 11 is 0. The highest BCUT2D eigenvalue weighted by Gasteiger charge is 2.04. The second-order valence-corrected chi connectivity index (χ2v) is 4.32. The number of unbranched alkanes of at least 4 members (excludes halogenated alkanes) is 1. The van der Waals surface area contributed by atoms with Crippen molar-refractivity contribution in [2.24, 2.45) is 0 Å². The molecule has 23 heavy (non-hydrogen) atoms. The first-order valence-electron chi connectivity index (χ1n) is 7.06. The van der Waals surface area contributed by atoms with E-state index in [0.717, 1.165) is 6.08 Å². The Kier molecular flexibility index (Phi) is 17.4. The minimum Gasteiger partial charge on any atom is -0.481 e. The Bertz CT molecular complexity index is 364. The molecule has 0 aromatic carbocycles. The van der Waals surface area contributed by atoms with Gasteiger partial charge in [0.15, 0.2) is 0 Å². The van der Waals surface area contributed by atoms with Crippen molar-refractivity contribution in [1.82, 2.24) is 0 Å². The van der Waals surface area contributed by atoms with E-state index in [0.29, 0.717) is 12.8 Å². The number of hydrogen-bond donors (Lipinski definition) is 1. The smallest absolute Gasteiger partial charge is 0.330 e. The maximum atomic E-state index is 11.1. The van der Waals surface area contributed by atoms with Gasteiger partial charge in [0, 0.05) is 55.6 Å². The number of carboxylic acids is 1. The van der Waals surface area contributed by atoms with Crippen LogP contribution in [0.2, 0.25) is 0 Å². The van der Waals surface area contributed by atoms with E-state index in [-0.39, 0.29) is 32.5 Å². The number of hydrogen-bond acceptors (Lipinski definition) is 5. The van der Waals surface area contributed by atoms with Gasteiger partial charge >= 0.3 is 17.9 Å². The number of carbonyl (C=O) groups excluding carboxylic acids is 2. The minimum absolute atomic E-state index is 0.0351. The van der Waals surface area contributed by atoms with Crippen molar-refractivity contribution in [3.8, 4) is 0 Å². The lowest BCUT2D eigenvalue weighted by molar-refractivity contribution is -0.145. The molecule has 0 heterocycles. The fourth-order valence-corrected chi connectivity index (χ4v) is 1.08. The summed E-state index contributed by atoms with van der Waals surface area (Å²) in [4.78, 5) is 31.9. The molecule has 1 N–H and O–H groups in total. The molecule has 0 rings (SSSR count). The summed E-state index contributed by atoms with van der Waals surface area (Å²) in [7, 11) is 15.8. The van der Waals surface area contributed by atoms with Gasteiger partial charge in [-0.15, -0.1) is 0 Å². The van der Waals surface area contributed by atoms with Gasteiger partial charge in [0.25, 0.3) is 0 Å². The highest BCUT2D eigenvalue weighted by atomic mass is 16.5. The third kappa shape index (κ3) is 22.9. The first kappa shape index (κ1) is 23.7. The highest BCUT2D eigenvalue weighted by molar-refractivity contribution is 7.60. The quantitative estimate of drug-likeness (QED) is 0.237. The number of ether oxygens (including phenoxy) is 2. The molecule has 0 atom stereocenters. The molecule has 0 spiro atoms. The van der Waals surface area contributed by atoms with E-state index < -0.39 is 24.3 Å². The van der Waals surface area contributed by atoms with E-state index in [9.17, 15) is 14.4 Å². The van der Waals surface area contributed by atoms with E-state index in [2.05, 4.69) is 6.58 Å². The van der Waals surface area contributed by atoms with E-state index in [4.69, 9.17) is 37.8 Å². The van der Waals surface area contributed by atoms with Crippen LogP contribution in [-0.4, -0.2) is 72.9 Å². The Morgan fingerprint density at radius 2 is 1.61 bits per heavy atom. The second kappa shape index (κ2) is 16.8. The van der Waals surface area contributed by atoms with Crippen molar-refractivity contribution < 1.29 is 29.0 Å². The zero-order valence-corrected chi connectivity index (χ0v) is 13.1. The molecule has 0 unspecified atom stereocenters. The van der Waals surface area contributed by atoms with E-state index in [1.165, 1.54) is 7.06 Å². The Labute approximate surface area is 142 Å². The normalized spacial score (nSPS) is 8.87. The molecule has 11 heteroatoms. The van der Waals surface area contributed by atoms with Crippen LogP contribution in [0.15, 0.2) is 12.7 Å². The van der Waals surface area contributed by atoms with Gasteiger partial charge < -0.3 is 14.6 Å². The molecular weight excluding hydrogens is 294 g/mol. The Morgan fingerprint density at radius 3 is 2.04 bits per heavy atom. The first-order chi connectivity index (χ1) is 10.8. The van der Waals surface area contributed by atoms with E-state index >= 15 is 0 Å². The minimum atomic E-state index is -0.924. The monoisotopic (exact) mass is 313 g/mol. The molecule has 0 fully saturated rings. The van der Waals surface area contributed by atoms with Gasteiger partial charge in [-0.2, -0.15) is 0 Å². The summed E-state index contributed by atoms with van der Waals surface area (Å²) in [6, 6.07) is 0. The third-order valence-corrected chi connectivity index (χ3v) is 2.21. The largest absolute Gasteiger partial charge is 0.481 e. The highest BCUT2D eigenvalue weighted by Crippen LogP contribution is 1.99. The van der Waals surface area contributed by atoms with Gasteiger partial charge in [-0.1, -0.05) is 6.58 Å². The van der Waals surface area contributed by atoms with Crippen molar-refractivity contribution >= 4 is 54.6 Å². The summed E-state index contributed by atoms with van der Waals surface area (Å²) < 4.78 is 9.59. The van der Waals surface area contributed by atoms with Gasteiger partial charge in [-0.3, -0.25) is 9.59 Å². The standard InChI is InChI=1S/C12H18O6.B5/c1-2-11(15)17-8-3-4-9-18-12(16)7-5-6-10(13)14;1-4-5(2)3/h2H,1,3-9H2,(H,13,14);. The Morgan fingerprint density at radius 1 is 1.09 bits per heavy atom. The van der Waals surface area contributed by atoms with E-state index in [1.54, 1.807) is 0 Å². The number of rotatable bonds is 11. The number of carboxylic acid groups (broad SMARTS) is 1. The molecule has 0 saturated carbocycles. The number of carbonyl (C=O) groups is 3. The Balaban J connectivity index is 0. The van der Waals surface area contributed by atoms with Crippen molar-refractivity contribution in [2.75, 3.05) is 13.2 Å². The van der Waals surface area contributed by atoms with Crippen LogP contribution in [0.5, 0.6) is 0 Å². The number of aliphatic carboxylic acids is 1. The molecule has 6 nitrogen and oxygen atoms in total. The molecule has 0 saturated heterocycles. The summed E-state index contributed by atoms with van der Waals surface area (Å²) in [5.41, 5.74) is 0. The van der Waals surface area contributed by atoms with Crippen molar-refractivity contribution in [1.29, 1.82) is 0 Å². The fraction of sp³-hybridized carbons (Fsp3) is 0.583. The van der Waals surface area contributed by atoms with Crippen molar-refractivity contribution in [2.45, 2.75) is 32.1 Å². The molecule has 0 amide bonds. The van der Waals surface area contributed by atoms with E-state index in [1.807, 2.05) is 0 Å². The SMILES string of the molecule is C=CC(=O)OCCCCOC(=O)CCCC(=O)O.[B][B]B([B])[B]. The maximum absolute atomic E-state index is 11.1. The fourth-order valence-electron chi connectivity index (χ4n) is 1.08. The lowest BCUT2D eigenvalue weighted by Crippen LogP contribution is -2.23. The predicted octanol–water partition coefficient (Wildman–Crippen LogP) is -0.610. The van der Waals surface area contributed by atoms with Crippen LogP contribution in [0.3, 0.4) is 0 Å². The van der Waals surface area contributed by atoms with Gasteiger partial charge in [0.05, 0.1) is 13.2 Å². The van der Waals surface area contributed by atoms with Gasteiger partial charge in [0.2, 0.25) is 0 Å². The summed E-state index contributed by atoms with van der Waals surface area (Å²) in [6.45, 7) is 3.77. The molecular formula is C12H18B5O6. The van der Waals surface area contributed by atoms with Crippen LogP contribution in [0.4, 0.5) is 0 Å². The molecule has 117 valence electrons. The summed E-state index contributed by atoms with van der Waals surface area (Å²) in [6.07, 6.45) is 2.17. The second-order valence-electron chi connectivity index (χ2n) is 4.32. The summed E-state index contributed by atoms with van der Waals surface area (Å²) in [5, 5.41) is 8.36. The average Bonchev–Trinajstić information content (AvgIpc) is 2.50.